The van der Waals surface area contributed by atoms with E-state index < -0.39 is 5.91 Å². The van der Waals surface area contributed by atoms with Gasteiger partial charge in [-0.2, -0.15) is 5.10 Å². The van der Waals surface area contributed by atoms with Crippen molar-refractivity contribution >= 4 is 23.2 Å². The second-order valence-corrected chi connectivity index (χ2v) is 5.12. The number of pyridine rings is 1. The van der Waals surface area contributed by atoms with Gasteiger partial charge in [0.25, 0.3) is 5.91 Å². The van der Waals surface area contributed by atoms with E-state index in [1.807, 2.05) is 0 Å². The summed E-state index contributed by atoms with van der Waals surface area (Å²) in [5.74, 6) is -0.250. The molecule has 0 aliphatic carbocycles. The molecular weight excluding hydrogens is 335 g/mol. The number of anilines is 1. The molecule has 0 aliphatic heterocycles. The molecule has 0 atom stereocenters. The SMILES string of the molecule is O=C(Nc1cccnc1Cl)c1ccn(COc2ccc(F)cc2)n1. The number of halogens is 2. The molecule has 2 heterocycles. The summed E-state index contributed by atoms with van der Waals surface area (Å²) in [5, 5.41) is 6.94. The summed E-state index contributed by atoms with van der Waals surface area (Å²) in [4.78, 5) is 16.0. The van der Waals surface area contributed by atoms with Crippen molar-refractivity contribution in [3.8, 4) is 5.75 Å². The van der Waals surface area contributed by atoms with Gasteiger partial charge in [-0.3, -0.25) is 4.79 Å². The standard InChI is InChI=1S/C16H12ClFN4O2/c17-15-13(2-1-8-19-15)20-16(23)14-7-9-22(21-14)10-24-12-5-3-11(18)4-6-12/h1-9H,10H2,(H,20,23). The highest BCUT2D eigenvalue weighted by atomic mass is 35.5. The molecule has 0 unspecified atom stereocenters. The maximum Gasteiger partial charge on any atom is 0.276 e. The van der Waals surface area contributed by atoms with Crippen molar-refractivity contribution in [2.45, 2.75) is 6.73 Å². The zero-order valence-corrected chi connectivity index (χ0v) is 13.1. The number of carbonyl (C=O) groups excluding carboxylic acids is 1. The van der Waals surface area contributed by atoms with Crippen LogP contribution in [-0.4, -0.2) is 20.7 Å². The summed E-state index contributed by atoms with van der Waals surface area (Å²) < 4.78 is 19.7. The number of carbonyl (C=O) groups is 1. The summed E-state index contributed by atoms with van der Waals surface area (Å²) in [6.07, 6.45) is 3.13. The Kier molecular flexibility index (Phi) is 4.72. The first kappa shape index (κ1) is 15.9. The Morgan fingerprint density at radius 2 is 2.04 bits per heavy atom. The highest BCUT2D eigenvalue weighted by molar-refractivity contribution is 6.32. The lowest BCUT2D eigenvalue weighted by molar-refractivity contribution is 0.102. The molecule has 3 rings (SSSR count). The molecule has 0 saturated heterocycles. The lowest BCUT2D eigenvalue weighted by atomic mass is 10.3. The van der Waals surface area contributed by atoms with Gasteiger partial charge in [0, 0.05) is 12.4 Å². The number of amides is 1. The van der Waals surface area contributed by atoms with Gasteiger partial charge < -0.3 is 10.1 Å². The summed E-state index contributed by atoms with van der Waals surface area (Å²) in [7, 11) is 0. The molecule has 0 spiro atoms. The predicted octanol–water partition coefficient (Wildman–Crippen LogP) is 3.36. The first-order chi connectivity index (χ1) is 11.6. The first-order valence-corrected chi connectivity index (χ1v) is 7.33. The number of nitrogens with zero attached hydrogens (tertiary/aromatic N) is 3. The van der Waals surface area contributed by atoms with Crippen molar-refractivity contribution < 1.29 is 13.9 Å². The van der Waals surface area contributed by atoms with Gasteiger partial charge in [0.2, 0.25) is 0 Å². The van der Waals surface area contributed by atoms with Crippen molar-refractivity contribution in [2.75, 3.05) is 5.32 Å². The minimum atomic E-state index is -0.412. The molecule has 1 amide bonds. The third-order valence-corrected chi connectivity index (χ3v) is 3.36. The molecule has 1 aromatic carbocycles. The Morgan fingerprint density at radius 1 is 1.25 bits per heavy atom. The van der Waals surface area contributed by atoms with Crippen LogP contribution in [0.3, 0.4) is 0 Å². The minimum Gasteiger partial charge on any atom is -0.471 e. The quantitative estimate of drug-likeness (QED) is 0.719. The van der Waals surface area contributed by atoms with E-state index in [0.717, 1.165) is 0 Å². The van der Waals surface area contributed by atoms with E-state index in [0.29, 0.717) is 11.4 Å². The smallest absolute Gasteiger partial charge is 0.276 e. The molecule has 3 aromatic rings. The molecule has 8 heteroatoms. The molecule has 6 nitrogen and oxygen atoms in total. The number of hydrogen-bond donors (Lipinski definition) is 1. The molecule has 0 radical (unpaired) electrons. The zero-order chi connectivity index (χ0) is 16.9. The van der Waals surface area contributed by atoms with Crippen LogP contribution < -0.4 is 10.1 Å². The van der Waals surface area contributed by atoms with E-state index in [9.17, 15) is 9.18 Å². The fourth-order valence-electron chi connectivity index (χ4n) is 1.89. The molecule has 0 bridgehead atoms. The molecule has 122 valence electrons. The number of rotatable bonds is 5. The lowest BCUT2D eigenvalue weighted by Crippen LogP contribution is -2.14. The van der Waals surface area contributed by atoms with Crippen LogP contribution in [0.1, 0.15) is 10.5 Å². The van der Waals surface area contributed by atoms with Crippen LogP contribution in [0.4, 0.5) is 10.1 Å². The monoisotopic (exact) mass is 346 g/mol. The van der Waals surface area contributed by atoms with Gasteiger partial charge >= 0.3 is 0 Å². The Labute approximate surface area is 141 Å². The van der Waals surface area contributed by atoms with E-state index in [1.54, 1.807) is 24.4 Å². The highest BCUT2D eigenvalue weighted by Gasteiger charge is 2.12. The second-order valence-electron chi connectivity index (χ2n) is 4.76. The van der Waals surface area contributed by atoms with Crippen molar-refractivity contribution in [3.05, 3.63) is 71.5 Å². The van der Waals surface area contributed by atoms with E-state index in [4.69, 9.17) is 16.3 Å². The maximum atomic E-state index is 12.8. The van der Waals surface area contributed by atoms with Gasteiger partial charge in [0.15, 0.2) is 17.6 Å². The lowest BCUT2D eigenvalue weighted by Gasteiger charge is -2.06. The molecule has 0 aliphatic rings. The van der Waals surface area contributed by atoms with Gasteiger partial charge in [-0.25, -0.2) is 14.1 Å². The average Bonchev–Trinajstić information content (AvgIpc) is 3.06. The summed E-state index contributed by atoms with van der Waals surface area (Å²) in [6.45, 7) is 0.0898. The predicted molar refractivity (Wildman–Crippen MR) is 86.5 cm³/mol. The van der Waals surface area contributed by atoms with E-state index in [1.165, 1.54) is 35.1 Å². The van der Waals surface area contributed by atoms with Crippen molar-refractivity contribution in [1.29, 1.82) is 0 Å². The Morgan fingerprint density at radius 3 is 2.79 bits per heavy atom. The van der Waals surface area contributed by atoms with Gasteiger partial charge in [0.05, 0.1) is 5.69 Å². The normalized spacial score (nSPS) is 10.4. The maximum absolute atomic E-state index is 12.8. The molecule has 24 heavy (non-hydrogen) atoms. The van der Waals surface area contributed by atoms with Gasteiger partial charge in [0.1, 0.15) is 11.6 Å². The van der Waals surface area contributed by atoms with Crippen LogP contribution in [0.15, 0.2) is 54.9 Å². The molecule has 0 saturated carbocycles. The summed E-state index contributed by atoms with van der Waals surface area (Å²) in [5.41, 5.74) is 0.610. The third-order valence-electron chi connectivity index (χ3n) is 3.06. The number of ether oxygens (including phenoxy) is 1. The van der Waals surface area contributed by atoms with E-state index >= 15 is 0 Å². The third kappa shape index (κ3) is 3.88. The zero-order valence-electron chi connectivity index (χ0n) is 12.3. The van der Waals surface area contributed by atoms with Crippen LogP contribution in [0.25, 0.3) is 0 Å². The Hall–Kier alpha value is -2.93. The van der Waals surface area contributed by atoms with Crippen LogP contribution in [0, 0.1) is 5.82 Å². The highest BCUT2D eigenvalue weighted by Crippen LogP contribution is 2.18. The van der Waals surface area contributed by atoms with Crippen LogP contribution in [0.5, 0.6) is 5.75 Å². The number of hydrogen-bond acceptors (Lipinski definition) is 4. The Balaban J connectivity index is 1.61. The van der Waals surface area contributed by atoms with Crippen LogP contribution >= 0.6 is 11.6 Å². The van der Waals surface area contributed by atoms with Crippen LogP contribution in [-0.2, 0) is 6.73 Å². The fraction of sp³-hybridized carbons (Fsp3) is 0.0625. The van der Waals surface area contributed by atoms with Gasteiger partial charge in [-0.05, 0) is 42.5 Å². The summed E-state index contributed by atoms with van der Waals surface area (Å²) in [6, 6.07) is 10.5. The van der Waals surface area contributed by atoms with Gasteiger partial charge in [-0.15, -0.1) is 0 Å². The first-order valence-electron chi connectivity index (χ1n) is 6.95. The molecule has 2 aromatic heterocycles. The largest absolute Gasteiger partial charge is 0.471 e. The van der Waals surface area contributed by atoms with Crippen molar-refractivity contribution in [3.63, 3.8) is 0 Å². The average molecular weight is 347 g/mol. The topological polar surface area (TPSA) is 69.0 Å². The Bertz CT molecular complexity index is 851. The van der Waals surface area contributed by atoms with E-state index in [-0.39, 0.29) is 23.4 Å². The number of nitrogens with one attached hydrogen (secondary N) is 1. The van der Waals surface area contributed by atoms with E-state index in [2.05, 4.69) is 15.4 Å². The van der Waals surface area contributed by atoms with Gasteiger partial charge in [-0.1, -0.05) is 11.6 Å². The summed E-state index contributed by atoms with van der Waals surface area (Å²) >= 11 is 5.89. The molecule has 1 N–H and O–H groups in total. The van der Waals surface area contributed by atoms with Crippen LogP contribution in [0.2, 0.25) is 5.15 Å². The number of aromatic nitrogens is 3. The van der Waals surface area contributed by atoms with Crippen molar-refractivity contribution in [2.24, 2.45) is 0 Å². The number of benzene rings is 1. The second kappa shape index (κ2) is 7.10. The molecule has 0 fully saturated rings. The van der Waals surface area contributed by atoms with Crippen molar-refractivity contribution in [1.82, 2.24) is 14.8 Å². The minimum absolute atomic E-state index is 0.0898. The molecular formula is C16H12ClFN4O2. The fourth-order valence-corrected chi connectivity index (χ4v) is 2.06.